The van der Waals surface area contributed by atoms with E-state index in [1.807, 2.05) is 0 Å². The zero-order valence-corrected chi connectivity index (χ0v) is 8.40. The van der Waals surface area contributed by atoms with Gasteiger partial charge in [0, 0.05) is 19.1 Å². The second kappa shape index (κ2) is 5.67. The summed E-state index contributed by atoms with van der Waals surface area (Å²) in [5, 5.41) is 22.6. The van der Waals surface area contributed by atoms with Crippen molar-refractivity contribution < 1.29 is 19.8 Å². The zero-order valence-electron chi connectivity index (χ0n) is 8.40. The fourth-order valence-electron chi connectivity index (χ4n) is 1.16. The molecule has 15 heavy (non-hydrogen) atoms. The Kier molecular flexibility index (Phi) is 4.51. The average molecular weight is 216 g/mol. The fraction of sp³-hybridized carbons (Fsp3) is 0.778. The Morgan fingerprint density at radius 1 is 1.40 bits per heavy atom. The number of hydrogen-bond donors (Lipinski definition) is 4. The highest BCUT2D eigenvalue weighted by atomic mass is 16.4. The fourth-order valence-corrected chi connectivity index (χ4v) is 1.16. The zero-order chi connectivity index (χ0) is 11.3. The third kappa shape index (κ3) is 4.75. The summed E-state index contributed by atoms with van der Waals surface area (Å²) in [7, 11) is 0. The van der Waals surface area contributed by atoms with Gasteiger partial charge in [0.05, 0.1) is 6.54 Å². The number of carbonyl (C=O) groups excluding carboxylic acids is 1. The number of carboxylic acids is 1. The summed E-state index contributed by atoms with van der Waals surface area (Å²) in [5.41, 5.74) is 0. The Hall–Kier alpha value is -1.14. The smallest absolute Gasteiger partial charge is 0.326 e. The molecule has 4 N–H and O–H groups in total. The molecule has 1 aliphatic carbocycles. The van der Waals surface area contributed by atoms with Crippen molar-refractivity contribution in [3.63, 3.8) is 0 Å². The van der Waals surface area contributed by atoms with Crippen molar-refractivity contribution in [2.75, 3.05) is 13.2 Å². The molecule has 6 nitrogen and oxygen atoms in total. The summed E-state index contributed by atoms with van der Waals surface area (Å²) < 4.78 is 0. The molecule has 0 spiro atoms. The molecule has 0 aromatic rings. The minimum absolute atomic E-state index is 0.0322. The van der Waals surface area contributed by atoms with E-state index in [1.165, 1.54) is 0 Å². The van der Waals surface area contributed by atoms with Crippen molar-refractivity contribution in [2.45, 2.75) is 31.3 Å². The number of carbonyl (C=O) groups is 2. The number of rotatable bonds is 7. The first-order chi connectivity index (χ1) is 7.13. The van der Waals surface area contributed by atoms with E-state index in [0.717, 1.165) is 12.8 Å². The van der Waals surface area contributed by atoms with Crippen LogP contribution in [0.25, 0.3) is 0 Å². The van der Waals surface area contributed by atoms with Gasteiger partial charge in [-0.2, -0.15) is 0 Å². The van der Waals surface area contributed by atoms with Crippen LogP contribution in [0, 0.1) is 0 Å². The molecule has 0 heterocycles. The summed E-state index contributed by atoms with van der Waals surface area (Å²) in [4.78, 5) is 21.9. The molecule has 1 atom stereocenters. The van der Waals surface area contributed by atoms with Gasteiger partial charge in [0.2, 0.25) is 5.91 Å². The lowest BCUT2D eigenvalue weighted by atomic mass is 10.2. The predicted molar refractivity (Wildman–Crippen MR) is 52.3 cm³/mol. The monoisotopic (exact) mass is 216 g/mol. The highest BCUT2D eigenvalue weighted by molar-refractivity contribution is 5.84. The number of hydrogen-bond acceptors (Lipinski definition) is 4. The van der Waals surface area contributed by atoms with Gasteiger partial charge in [-0.05, 0) is 12.8 Å². The van der Waals surface area contributed by atoms with Gasteiger partial charge in [-0.15, -0.1) is 0 Å². The van der Waals surface area contributed by atoms with Crippen LogP contribution in [0.5, 0.6) is 0 Å². The van der Waals surface area contributed by atoms with Gasteiger partial charge in [0.1, 0.15) is 6.04 Å². The Balaban J connectivity index is 2.22. The second-order valence-electron chi connectivity index (χ2n) is 3.63. The molecule has 0 aromatic heterocycles. The van der Waals surface area contributed by atoms with Crippen LogP contribution in [0.15, 0.2) is 0 Å². The molecule has 0 radical (unpaired) electrons. The molecule has 0 aromatic carbocycles. The van der Waals surface area contributed by atoms with Crippen LogP contribution in [-0.4, -0.2) is 47.3 Å². The maximum atomic E-state index is 11.2. The maximum Gasteiger partial charge on any atom is 0.326 e. The highest BCUT2D eigenvalue weighted by Gasteiger charge is 2.23. The largest absolute Gasteiger partial charge is 0.480 e. The van der Waals surface area contributed by atoms with E-state index in [0.29, 0.717) is 6.04 Å². The van der Waals surface area contributed by atoms with Crippen molar-refractivity contribution >= 4 is 11.9 Å². The maximum absolute atomic E-state index is 11.2. The topological polar surface area (TPSA) is 98.7 Å². The number of aliphatic hydroxyl groups excluding tert-OH is 1. The normalized spacial score (nSPS) is 17.1. The first-order valence-corrected chi connectivity index (χ1v) is 5.00. The van der Waals surface area contributed by atoms with Gasteiger partial charge in [-0.3, -0.25) is 4.79 Å². The van der Waals surface area contributed by atoms with E-state index in [4.69, 9.17) is 10.2 Å². The highest BCUT2D eigenvalue weighted by Crippen LogP contribution is 2.17. The second-order valence-corrected chi connectivity index (χ2v) is 3.63. The number of carboxylic acid groups (broad SMARTS) is 1. The SMILES string of the molecule is O=C(CNC1CC1)N[C@@H](CCO)C(=O)O. The van der Waals surface area contributed by atoms with Crippen molar-refractivity contribution in [2.24, 2.45) is 0 Å². The third-order valence-corrected chi connectivity index (χ3v) is 2.18. The van der Waals surface area contributed by atoms with Gasteiger partial charge in [-0.1, -0.05) is 0 Å². The molecule has 0 unspecified atom stereocenters. The van der Waals surface area contributed by atoms with Crippen LogP contribution in [0.4, 0.5) is 0 Å². The van der Waals surface area contributed by atoms with E-state index < -0.39 is 12.0 Å². The third-order valence-electron chi connectivity index (χ3n) is 2.18. The molecule has 6 heteroatoms. The molecular formula is C9H16N2O4. The lowest BCUT2D eigenvalue weighted by Gasteiger charge is -2.13. The van der Waals surface area contributed by atoms with Crippen LogP contribution in [0.2, 0.25) is 0 Å². The van der Waals surface area contributed by atoms with Crippen LogP contribution >= 0.6 is 0 Å². The first-order valence-electron chi connectivity index (χ1n) is 5.00. The molecule has 1 saturated carbocycles. The van der Waals surface area contributed by atoms with Crippen LogP contribution in [0.3, 0.4) is 0 Å². The van der Waals surface area contributed by atoms with E-state index in [9.17, 15) is 9.59 Å². The molecule has 1 amide bonds. The Labute approximate surface area is 87.7 Å². The minimum Gasteiger partial charge on any atom is -0.480 e. The number of nitrogens with one attached hydrogen (secondary N) is 2. The molecule has 1 aliphatic rings. The number of aliphatic hydroxyl groups is 1. The summed E-state index contributed by atoms with van der Waals surface area (Å²) in [6.45, 7) is -0.118. The summed E-state index contributed by atoms with van der Waals surface area (Å²) in [6.07, 6.45) is 2.18. The van der Waals surface area contributed by atoms with E-state index in [2.05, 4.69) is 10.6 Å². The van der Waals surface area contributed by atoms with Gasteiger partial charge in [-0.25, -0.2) is 4.79 Å². The van der Waals surface area contributed by atoms with Gasteiger partial charge in [0.15, 0.2) is 0 Å². The molecule has 86 valence electrons. The molecule has 0 aliphatic heterocycles. The van der Waals surface area contributed by atoms with Crippen molar-refractivity contribution in [3.8, 4) is 0 Å². The average Bonchev–Trinajstić information content (AvgIpc) is 2.97. The predicted octanol–water partition coefficient (Wildman–Crippen LogP) is -1.31. The molecule has 0 saturated heterocycles. The van der Waals surface area contributed by atoms with Crippen LogP contribution in [0.1, 0.15) is 19.3 Å². The lowest BCUT2D eigenvalue weighted by Crippen LogP contribution is -2.45. The van der Waals surface area contributed by atoms with Crippen molar-refractivity contribution in [1.29, 1.82) is 0 Å². The standard InChI is InChI=1S/C9H16N2O4/c12-4-3-7(9(14)15)11-8(13)5-10-6-1-2-6/h6-7,10,12H,1-5H2,(H,11,13)(H,14,15)/t7-/m0/s1. The Morgan fingerprint density at radius 3 is 2.53 bits per heavy atom. The quantitative estimate of drug-likeness (QED) is 0.423. The van der Waals surface area contributed by atoms with E-state index in [1.54, 1.807) is 0 Å². The van der Waals surface area contributed by atoms with E-state index in [-0.39, 0.29) is 25.5 Å². The van der Waals surface area contributed by atoms with Gasteiger partial charge < -0.3 is 20.8 Å². The van der Waals surface area contributed by atoms with Crippen molar-refractivity contribution in [1.82, 2.24) is 10.6 Å². The van der Waals surface area contributed by atoms with Gasteiger partial charge in [0.25, 0.3) is 0 Å². The molecule has 1 rings (SSSR count). The first kappa shape index (κ1) is 11.9. The lowest BCUT2D eigenvalue weighted by molar-refractivity contribution is -0.142. The van der Waals surface area contributed by atoms with Crippen LogP contribution in [-0.2, 0) is 9.59 Å². The number of amides is 1. The van der Waals surface area contributed by atoms with E-state index >= 15 is 0 Å². The molecule has 0 bridgehead atoms. The molecule has 1 fully saturated rings. The number of aliphatic carboxylic acids is 1. The van der Waals surface area contributed by atoms with Gasteiger partial charge >= 0.3 is 5.97 Å². The summed E-state index contributed by atoms with van der Waals surface area (Å²) in [5.74, 6) is -1.47. The summed E-state index contributed by atoms with van der Waals surface area (Å²) in [6, 6.07) is -0.583. The Bertz CT molecular complexity index is 240. The van der Waals surface area contributed by atoms with Crippen LogP contribution < -0.4 is 10.6 Å². The molecular weight excluding hydrogens is 200 g/mol. The minimum atomic E-state index is -1.12. The Morgan fingerprint density at radius 2 is 2.07 bits per heavy atom. The van der Waals surface area contributed by atoms with Crippen molar-refractivity contribution in [3.05, 3.63) is 0 Å². The summed E-state index contributed by atoms with van der Waals surface area (Å²) >= 11 is 0.